The summed E-state index contributed by atoms with van der Waals surface area (Å²) < 4.78 is 3.57. The summed E-state index contributed by atoms with van der Waals surface area (Å²) in [7, 11) is 0. The van der Waals surface area contributed by atoms with Crippen molar-refractivity contribution in [3.8, 4) is 0 Å². The highest BCUT2D eigenvalue weighted by atomic mass is 16.1. The second-order valence-electron chi connectivity index (χ2n) is 6.10. The summed E-state index contributed by atoms with van der Waals surface area (Å²) in [5.74, 6) is 0. The zero-order valence-electron chi connectivity index (χ0n) is 12.1. The molecule has 1 rings (SSSR count). The Kier molecular flexibility index (Phi) is 5.20. The standard InChI is InChI=1S/C14H27N3O/c1-12(2)17-10-9-16(13(17)18)8-6-5-7-14(3,4)11-15/h9-10,12H,5-8,11,15H2,1-4H3. The third-order valence-corrected chi connectivity index (χ3v) is 3.49. The van der Waals surface area contributed by atoms with Crippen LogP contribution in [0.25, 0.3) is 0 Å². The van der Waals surface area contributed by atoms with E-state index < -0.39 is 0 Å². The van der Waals surface area contributed by atoms with Crippen molar-refractivity contribution >= 4 is 0 Å². The summed E-state index contributed by atoms with van der Waals surface area (Å²) in [5, 5.41) is 0. The van der Waals surface area contributed by atoms with Gasteiger partial charge in [-0.05, 0) is 38.6 Å². The molecule has 4 nitrogen and oxygen atoms in total. The van der Waals surface area contributed by atoms with Crippen LogP contribution < -0.4 is 11.4 Å². The highest BCUT2D eigenvalue weighted by Crippen LogP contribution is 2.21. The van der Waals surface area contributed by atoms with Crippen LogP contribution in [0.1, 0.15) is 53.0 Å². The van der Waals surface area contributed by atoms with Gasteiger partial charge in [-0.25, -0.2) is 4.79 Å². The average molecular weight is 253 g/mol. The number of nitrogens with zero attached hydrogens (tertiary/aromatic N) is 2. The largest absolute Gasteiger partial charge is 0.330 e. The van der Waals surface area contributed by atoms with Crippen LogP contribution in [0, 0.1) is 5.41 Å². The summed E-state index contributed by atoms with van der Waals surface area (Å²) in [5.41, 5.74) is 6.02. The lowest BCUT2D eigenvalue weighted by Crippen LogP contribution is -2.26. The molecule has 0 unspecified atom stereocenters. The van der Waals surface area contributed by atoms with Crippen LogP contribution in [0.15, 0.2) is 17.2 Å². The van der Waals surface area contributed by atoms with Gasteiger partial charge < -0.3 is 5.73 Å². The minimum atomic E-state index is 0.100. The molecule has 0 saturated heterocycles. The van der Waals surface area contributed by atoms with Crippen molar-refractivity contribution in [2.24, 2.45) is 11.1 Å². The molecule has 4 heteroatoms. The molecule has 0 spiro atoms. The molecule has 1 aromatic rings. The smallest absolute Gasteiger partial charge is 0.328 e. The second kappa shape index (κ2) is 6.23. The molecule has 1 aromatic heterocycles. The number of rotatable bonds is 7. The molecule has 0 atom stereocenters. The molecule has 18 heavy (non-hydrogen) atoms. The minimum absolute atomic E-state index is 0.100. The fraction of sp³-hybridized carbons (Fsp3) is 0.786. The Hall–Kier alpha value is -1.03. The van der Waals surface area contributed by atoms with Gasteiger partial charge >= 0.3 is 5.69 Å². The van der Waals surface area contributed by atoms with Gasteiger partial charge in [-0.1, -0.05) is 20.3 Å². The number of hydrogen-bond acceptors (Lipinski definition) is 2. The molecule has 104 valence electrons. The number of imidazole rings is 1. The van der Waals surface area contributed by atoms with Crippen LogP contribution >= 0.6 is 0 Å². The fourth-order valence-corrected chi connectivity index (χ4v) is 1.98. The molecule has 0 aromatic carbocycles. The van der Waals surface area contributed by atoms with E-state index >= 15 is 0 Å². The number of aryl methyl sites for hydroxylation is 1. The van der Waals surface area contributed by atoms with Gasteiger partial charge in [-0.3, -0.25) is 9.13 Å². The van der Waals surface area contributed by atoms with Gasteiger partial charge in [0.2, 0.25) is 0 Å². The summed E-state index contributed by atoms with van der Waals surface area (Å²) >= 11 is 0. The molecule has 0 amide bonds. The van der Waals surface area contributed by atoms with Gasteiger partial charge in [0.1, 0.15) is 0 Å². The highest BCUT2D eigenvalue weighted by molar-refractivity contribution is 4.83. The zero-order chi connectivity index (χ0) is 13.8. The van der Waals surface area contributed by atoms with E-state index in [0.29, 0.717) is 0 Å². The predicted octanol–water partition coefficient (Wildman–Crippen LogP) is 2.39. The number of aromatic nitrogens is 2. The Morgan fingerprint density at radius 3 is 2.44 bits per heavy atom. The minimum Gasteiger partial charge on any atom is -0.330 e. The SMILES string of the molecule is CC(C)n1ccn(CCCCC(C)(C)CN)c1=O. The topological polar surface area (TPSA) is 52.9 Å². The van der Waals surface area contributed by atoms with Crippen molar-refractivity contribution < 1.29 is 0 Å². The first kappa shape index (κ1) is 15.0. The molecule has 0 bridgehead atoms. The van der Waals surface area contributed by atoms with E-state index in [0.717, 1.165) is 32.4 Å². The molecule has 0 aliphatic heterocycles. The molecule has 0 saturated carbocycles. The first-order valence-electron chi connectivity index (χ1n) is 6.85. The van der Waals surface area contributed by atoms with Gasteiger partial charge in [0.15, 0.2) is 0 Å². The van der Waals surface area contributed by atoms with E-state index in [9.17, 15) is 4.79 Å². The van der Waals surface area contributed by atoms with Crippen LogP contribution in [0.4, 0.5) is 0 Å². The van der Waals surface area contributed by atoms with Crippen LogP contribution in [-0.4, -0.2) is 15.7 Å². The van der Waals surface area contributed by atoms with E-state index in [1.807, 2.05) is 26.2 Å². The molecular formula is C14H27N3O. The van der Waals surface area contributed by atoms with E-state index in [1.54, 1.807) is 9.13 Å². The maximum absolute atomic E-state index is 12.0. The summed E-state index contributed by atoms with van der Waals surface area (Å²) in [6, 6.07) is 0.231. The molecule has 1 heterocycles. The van der Waals surface area contributed by atoms with E-state index in [1.165, 1.54) is 0 Å². The number of unbranched alkanes of at least 4 members (excludes halogenated alkanes) is 1. The summed E-state index contributed by atoms with van der Waals surface area (Å²) in [6.07, 6.45) is 7.02. The van der Waals surface area contributed by atoms with Gasteiger partial charge in [0, 0.05) is 25.0 Å². The van der Waals surface area contributed by atoms with E-state index in [-0.39, 0.29) is 17.1 Å². The molecular weight excluding hydrogens is 226 g/mol. The molecule has 0 aliphatic carbocycles. The molecule has 0 aliphatic rings. The molecule has 0 fully saturated rings. The van der Waals surface area contributed by atoms with Gasteiger partial charge in [0.05, 0.1) is 0 Å². The fourth-order valence-electron chi connectivity index (χ4n) is 1.98. The van der Waals surface area contributed by atoms with E-state index in [2.05, 4.69) is 13.8 Å². The van der Waals surface area contributed by atoms with Crippen molar-refractivity contribution in [1.82, 2.24) is 9.13 Å². The van der Waals surface area contributed by atoms with Gasteiger partial charge in [0.25, 0.3) is 0 Å². The van der Waals surface area contributed by atoms with Crippen molar-refractivity contribution in [3.63, 3.8) is 0 Å². The van der Waals surface area contributed by atoms with Crippen molar-refractivity contribution in [2.75, 3.05) is 6.54 Å². The Morgan fingerprint density at radius 2 is 1.94 bits per heavy atom. The van der Waals surface area contributed by atoms with Crippen molar-refractivity contribution in [2.45, 2.75) is 59.5 Å². The third kappa shape index (κ3) is 4.02. The molecule has 2 N–H and O–H groups in total. The Morgan fingerprint density at radius 1 is 1.28 bits per heavy atom. The summed E-state index contributed by atoms with van der Waals surface area (Å²) in [6.45, 7) is 9.95. The van der Waals surface area contributed by atoms with Gasteiger partial charge in [-0.2, -0.15) is 0 Å². The van der Waals surface area contributed by atoms with E-state index in [4.69, 9.17) is 5.73 Å². The maximum atomic E-state index is 12.0. The van der Waals surface area contributed by atoms with Crippen LogP contribution in [0.5, 0.6) is 0 Å². The lowest BCUT2D eigenvalue weighted by Gasteiger charge is -2.21. The quantitative estimate of drug-likeness (QED) is 0.759. The Bertz CT molecular complexity index is 415. The van der Waals surface area contributed by atoms with Crippen molar-refractivity contribution in [1.29, 1.82) is 0 Å². The number of nitrogens with two attached hydrogens (primary N) is 1. The Balaban J connectivity index is 2.43. The lowest BCUT2D eigenvalue weighted by atomic mass is 9.87. The normalized spacial score (nSPS) is 12.3. The first-order valence-corrected chi connectivity index (χ1v) is 6.85. The third-order valence-electron chi connectivity index (χ3n) is 3.49. The van der Waals surface area contributed by atoms with Crippen LogP contribution in [0.2, 0.25) is 0 Å². The predicted molar refractivity (Wildman–Crippen MR) is 75.8 cm³/mol. The average Bonchev–Trinajstić information content (AvgIpc) is 2.66. The van der Waals surface area contributed by atoms with Crippen LogP contribution in [-0.2, 0) is 6.54 Å². The number of hydrogen-bond donors (Lipinski definition) is 1. The molecule has 0 radical (unpaired) electrons. The first-order chi connectivity index (χ1) is 8.37. The monoisotopic (exact) mass is 253 g/mol. The second-order valence-corrected chi connectivity index (χ2v) is 6.10. The van der Waals surface area contributed by atoms with Crippen LogP contribution in [0.3, 0.4) is 0 Å². The Labute approximate surface area is 110 Å². The van der Waals surface area contributed by atoms with Gasteiger partial charge in [-0.15, -0.1) is 0 Å². The lowest BCUT2D eigenvalue weighted by molar-refractivity contribution is 0.328. The maximum Gasteiger partial charge on any atom is 0.328 e. The van der Waals surface area contributed by atoms with Crippen molar-refractivity contribution in [3.05, 3.63) is 22.9 Å². The highest BCUT2D eigenvalue weighted by Gasteiger charge is 2.14. The zero-order valence-corrected chi connectivity index (χ0v) is 12.1. The summed E-state index contributed by atoms with van der Waals surface area (Å²) in [4.78, 5) is 12.0.